The largest absolute Gasteiger partial charge is 0.454 e. The SMILES string of the molecule is CC12C=CC(=O)C=C1CCC1C2C(O)CC2(C)C1CC[C@@H]2C(=O)COC(=O)c1cccc(CO[N+](=O)[O-])c1. The molecule has 6 unspecified atom stereocenters. The van der Waals surface area contributed by atoms with Gasteiger partial charge in [-0.1, -0.05) is 37.6 Å². The van der Waals surface area contributed by atoms with E-state index in [0.717, 1.165) is 24.8 Å². The number of nitrogens with zero attached hydrogens (tertiary/aromatic N) is 1. The van der Waals surface area contributed by atoms with Crippen molar-refractivity contribution in [2.75, 3.05) is 6.61 Å². The van der Waals surface area contributed by atoms with Crippen molar-refractivity contribution in [3.05, 3.63) is 69.3 Å². The maximum Gasteiger partial charge on any atom is 0.338 e. The van der Waals surface area contributed by atoms with Gasteiger partial charge in [0.2, 0.25) is 0 Å². The van der Waals surface area contributed by atoms with Crippen LogP contribution in [0.5, 0.6) is 0 Å². The fourth-order valence-corrected chi connectivity index (χ4v) is 8.09. The second-order valence-electron chi connectivity index (χ2n) is 11.7. The number of allylic oxidation sites excluding steroid dienone is 4. The summed E-state index contributed by atoms with van der Waals surface area (Å²) in [6.07, 6.45) is 8.48. The van der Waals surface area contributed by atoms with Crippen molar-refractivity contribution in [3.63, 3.8) is 0 Å². The fourth-order valence-electron chi connectivity index (χ4n) is 8.09. The van der Waals surface area contributed by atoms with Crippen molar-refractivity contribution >= 4 is 17.5 Å². The summed E-state index contributed by atoms with van der Waals surface area (Å²) >= 11 is 0. The van der Waals surface area contributed by atoms with E-state index in [2.05, 4.69) is 18.7 Å². The molecular formula is C29H33NO8. The van der Waals surface area contributed by atoms with E-state index in [4.69, 9.17) is 4.74 Å². The number of hydrogen-bond acceptors (Lipinski definition) is 8. The summed E-state index contributed by atoms with van der Waals surface area (Å²) in [5, 5.41) is 21.0. The summed E-state index contributed by atoms with van der Waals surface area (Å²) in [5.41, 5.74) is 0.979. The number of benzene rings is 1. The monoisotopic (exact) mass is 523 g/mol. The predicted molar refractivity (Wildman–Crippen MR) is 135 cm³/mol. The van der Waals surface area contributed by atoms with Gasteiger partial charge >= 0.3 is 5.97 Å². The minimum atomic E-state index is -0.903. The molecule has 202 valence electrons. The Labute approximate surface area is 221 Å². The van der Waals surface area contributed by atoms with Crippen molar-refractivity contribution in [2.24, 2.45) is 34.5 Å². The van der Waals surface area contributed by atoms with E-state index in [-0.39, 0.29) is 59.4 Å². The summed E-state index contributed by atoms with van der Waals surface area (Å²) in [7, 11) is 0. The molecule has 5 rings (SSSR count). The third kappa shape index (κ3) is 4.46. The molecule has 3 fully saturated rings. The van der Waals surface area contributed by atoms with E-state index >= 15 is 0 Å². The first-order chi connectivity index (χ1) is 18.0. The molecule has 3 saturated carbocycles. The Morgan fingerprint density at radius 3 is 2.76 bits per heavy atom. The number of aliphatic hydroxyl groups is 1. The Bertz CT molecular complexity index is 1240. The lowest BCUT2D eigenvalue weighted by atomic mass is 9.46. The van der Waals surface area contributed by atoms with Crippen LogP contribution in [-0.2, 0) is 25.8 Å². The molecule has 0 heterocycles. The first-order valence-corrected chi connectivity index (χ1v) is 13.2. The van der Waals surface area contributed by atoms with E-state index < -0.39 is 22.6 Å². The van der Waals surface area contributed by atoms with Gasteiger partial charge < -0.3 is 14.7 Å². The lowest BCUT2D eigenvalue weighted by molar-refractivity contribution is -0.763. The van der Waals surface area contributed by atoms with Crippen LogP contribution < -0.4 is 0 Å². The molecule has 0 saturated heterocycles. The minimum Gasteiger partial charge on any atom is -0.454 e. The number of aliphatic hydroxyl groups excluding tert-OH is 1. The van der Waals surface area contributed by atoms with Gasteiger partial charge in [0, 0.05) is 17.3 Å². The summed E-state index contributed by atoms with van der Waals surface area (Å²) in [5.74, 6) is -0.622. The van der Waals surface area contributed by atoms with Crippen molar-refractivity contribution < 1.29 is 34.2 Å². The highest BCUT2D eigenvalue weighted by atomic mass is 16.9. The number of esters is 1. The van der Waals surface area contributed by atoms with Crippen LogP contribution in [0.25, 0.3) is 0 Å². The molecule has 0 aromatic heterocycles. The number of carbonyl (C=O) groups excluding carboxylic acids is 3. The number of ether oxygens (including phenoxy) is 1. The Kier molecular flexibility index (Phi) is 6.75. The van der Waals surface area contributed by atoms with E-state index in [0.29, 0.717) is 18.4 Å². The molecule has 0 aliphatic heterocycles. The Morgan fingerprint density at radius 2 is 2.00 bits per heavy atom. The maximum absolute atomic E-state index is 13.4. The highest BCUT2D eigenvalue weighted by Gasteiger charge is 2.62. The van der Waals surface area contributed by atoms with E-state index in [1.54, 1.807) is 24.3 Å². The van der Waals surface area contributed by atoms with Gasteiger partial charge in [-0.05, 0) is 79.2 Å². The third-order valence-corrected chi connectivity index (χ3v) is 9.73. The summed E-state index contributed by atoms with van der Waals surface area (Å²) in [6, 6.07) is 6.13. The van der Waals surface area contributed by atoms with Gasteiger partial charge in [0.15, 0.2) is 18.2 Å². The van der Waals surface area contributed by atoms with E-state index in [1.807, 2.05) is 6.08 Å². The summed E-state index contributed by atoms with van der Waals surface area (Å²) in [6.45, 7) is 3.57. The molecule has 0 bridgehead atoms. The number of rotatable bonds is 7. The second-order valence-corrected chi connectivity index (χ2v) is 11.7. The highest BCUT2D eigenvalue weighted by molar-refractivity contribution is 6.01. The van der Waals surface area contributed by atoms with Gasteiger partial charge in [-0.25, -0.2) is 4.79 Å². The van der Waals surface area contributed by atoms with Gasteiger partial charge in [-0.2, -0.15) is 0 Å². The van der Waals surface area contributed by atoms with E-state index in [1.165, 1.54) is 12.1 Å². The standard InChI is InChI=1S/C29H33NO8/c1-28-11-10-20(31)13-19(28)6-7-21-22-8-9-23(29(22,2)14-24(32)26(21)28)25(33)16-37-27(34)18-5-3-4-17(12-18)15-38-30(35)36/h3-5,10-13,21-24,26,32H,6-9,14-16H2,1-2H3/t21?,22?,23-,24?,26?,28?,29?/m1/s1. The first kappa shape index (κ1) is 26.3. The Morgan fingerprint density at radius 1 is 1.21 bits per heavy atom. The zero-order chi connectivity index (χ0) is 27.2. The average Bonchev–Trinajstić information content (AvgIpc) is 3.22. The van der Waals surface area contributed by atoms with Gasteiger partial charge in [0.1, 0.15) is 6.61 Å². The van der Waals surface area contributed by atoms with Crippen LogP contribution in [0.3, 0.4) is 0 Å². The lowest BCUT2D eigenvalue weighted by Crippen LogP contribution is -2.56. The quantitative estimate of drug-likeness (QED) is 0.322. The number of carbonyl (C=O) groups is 3. The number of hydrogen-bond donors (Lipinski definition) is 1. The highest BCUT2D eigenvalue weighted by Crippen LogP contribution is 2.66. The molecule has 9 heteroatoms. The number of fused-ring (bicyclic) bond motifs is 5. The van der Waals surface area contributed by atoms with Crippen molar-refractivity contribution in [3.8, 4) is 0 Å². The van der Waals surface area contributed by atoms with Gasteiger partial charge in [0.05, 0.1) is 11.7 Å². The molecule has 0 spiro atoms. The normalized spacial score (nSPS) is 35.4. The molecule has 0 amide bonds. The summed E-state index contributed by atoms with van der Waals surface area (Å²) < 4.78 is 5.36. The maximum atomic E-state index is 13.4. The molecule has 4 aliphatic carbocycles. The molecule has 4 aliphatic rings. The van der Waals surface area contributed by atoms with Gasteiger partial charge in [-0.3, -0.25) is 9.59 Å². The lowest BCUT2D eigenvalue weighted by Gasteiger charge is -2.58. The van der Waals surface area contributed by atoms with Crippen LogP contribution >= 0.6 is 0 Å². The molecule has 0 radical (unpaired) electrons. The topological polar surface area (TPSA) is 133 Å². The zero-order valence-electron chi connectivity index (χ0n) is 21.6. The first-order valence-electron chi connectivity index (χ1n) is 13.2. The molecule has 1 N–H and O–H groups in total. The molecule has 9 nitrogen and oxygen atoms in total. The van der Waals surface area contributed by atoms with Gasteiger partial charge in [-0.15, -0.1) is 10.1 Å². The van der Waals surface area contributed by atoms with Crippen LogP contribution in [0.2, 0.25) is 0 Å². The van der Waals surface area contributed by atoms with Crippen LogP contribution in [0.1, 0.15) is 61.9 Å². The Balaban J connectivity index is 1.26. The molecule has 1 aromatic carbocycles. The van der Waals surface area contributed by atoms with Crippen molar-refractivity contribution in [1.29, 1.82) is 0 Å². The molecular weight excluding hydrogens is 490 g/mol. The molecule has 38 heavy (non-hydrogen) atoms. The second kappa shape index (κ2) is 9.76. The van der Waals surface area contributed by atoms with Crippen LogP contribution in [-0.4, -0.2) is 40.4 Å². The minimum absolute atomic E-state index is 0.00293. The smallest absolute Gasteiger partial charge is 0.338 e. The van der Waals surface area contributed by atoms with Crippen LogP contribution in [0.4, 0.5) is 0 Å². The van der Waals surface area contributed by atoms with Crippen molar-refractivity contribution in [1.82, 2.24) is 0 Å². The van der Waals surface area contributed by atoms with Crippen LogP contribution in [0.15, 0.2) is 48.1 Å². The number of ketones is 2. The summed E-state index contributed by atoms with van der Waals surface area (Å²) in [4.78, 5) is 52.8. The van der Waals surface area contributed by atoms with Crippen molar-refractivity contribution in [2.45, 2.75) is 58.7 Å². The predicted octanol–water partition coefficient (Wildman–Crippen LogP) is 4.02. The molecule has 7 atom stereocenters. The zero-order valence-corrected chi connectivity index (χ0v) is 21.6. The average molecular weight is 524 g/mol. The fraction of sp³-hybridized carbons (Fsp3) is 0.552. The van der Waals surface area contributed by atoms with Crippen LogP contribution in [0, 0.1) is 44.6 Å². The number of Topliss-reactive ketones (excluding diaryl/α,β-unsaturated/α-hetero) is 1. The van der Waals surface area contributed by atoms with Gasteiger partial charge in [0.25, 0.3) is 5.09 Å². The Hall–Kier alpha value is -3.33. The third-order valence-electron chi connectivity index (χ3n) is 9.73. The molecule has 1 aromatic rings. The van der Waals surface area contributed by atoms with E-state index in [9.17, 15) is 29.6 Å².